The van der Waals surface area contributed by atoms with E-state index in [1.165, 1.54) is 9.75 Å². The van der Waals surface area contributed by atoms with E-state index in [-0.39, 0.29) is 0 Å². The molecule has 6 aromatic rings. The second-order valence-corrected chi connectivity index (χ2v) is 9.50. The Labute approximate surface area is 194 Å². The fourth-order valence-electron chi connectivity index (χ4n) is 4.01. The first-order chi connectivity index (χ1) is 16.1. The zero-order chi connectivity index (χ0) is 22.5. The topological polar surface area (TPSA) is 86.4 Å². The van der Waals surface area contributed by atoms with Crippen LogP contribution in [0.3, 0.4) is 0 Å². The number of fused-ring (bicyclic) bond motifs is 2. The SMILES string of the molecule is Cc1ccc(-c2ccnc3nc(-c4n[nH]c5ccc(-c6cncc(N(C)C)c6)cc45)[nH]c23)s1. The number of hydrogen-bond donors (Lipinski definition) is 2. The molecule has 33 heavy (non-hydrogen) atoms. The number of imidazole rings is 1. The van der Waals surface area contributed by atoms with E-state index in [4.69, 9.17) is 4.98 Å². The van der Waals surface area contributed by atoms with Gasteiger partial charge in [-0.05, 0) is 48.9 Å². The fourth-order valence-corrected chi connectivity index (χ4v) is 4.91. The summed E-state index contributed by atoms with van der Waals surface area (Å²) in [4.78, 5) is 21.7. The molecule has 0 spiro atoms. The lowest BCUT2D eigenvalue weighted by molar-refractivity contribution is 1.10. The Hall–Kier alpha value is -4.04. The summed E-state index contributed by atoms with van der Waals surface area (Å²) >= 11 is 1.76. The minimum Gasteiger partial charge on any atom is -0.376 e. The van der Waals surface area contributed by atoms with Crippen LogP contribution in [-0.2, 0) is 0 Å². The smallest absolute Gasteiger partial charge is 0.178 e. The van der Waals surface area contributed by atoms with Crippen LogP contribution in [0.5, 0.6) is 0 Å². The van der Waals surface area contributed by atoms with E-state index in [9.17, 15) is 0 Å². The molecule has 0 aliphatic rings. The van der Waals surface area contributed by atoms with Gasteiger partial charge < -0.3 is 9.88 Å². The summed E-state index contributed by atoms with van der Waals surface area (Å²) in [6.45, 7) is 2.11. The third-order valence-corrected chi connectivity index (χ3v) is 6.79. The van der Waals surface area contributed by atoms with Gasteiger partial charge in [0.1, 0.15) is 5.69 Å². The van der Waals surface area contributed by atoms with Crippen molar-refractivity contribution in [2.75, 3.05) is 19.0 Å². The minimum atomic E-state index is 0.684. The summed E-state index contributed by atoms with van der Waals surface area (Å²) in [6.07, 6.45) is 5.55. The number of aromatic nitrogens is 6. The normalized spacial score (nSPS) is 11.5. The molecule has 0 bridgehead atoms. The van der Waals surface area contributed by atoms with Gasteiger partial charge in [-0.1, -0.05) is 6.07 Å². The highest BCUT2D eigenvalue weighted by Gasteiger charge is 2.17. The molecule has 0 atom stereocenters. The summed E-state index contributed by atoms with van der Waals surface area (Å²) in [6, 6.07) is 14.7. The van der Waals surface area contributed by atoms with Crippen LogP contribution in [0.2, 0.25) is 0 Å². The number of aromatic amines is 2. The predicted octanol–water partition coefficient (Wildman–Crippen LogP) is 5.67. The van der Waals surface area contributed by atoms with Crippen LogP contribution in [0, 0.1) is 6.92 Å². The van der Waals surface area contributed by atoms with E-state index in [2.05, 4.69) is 62.4 Å². The Morgan fingerprint density at radius 3 is 2.70 bits per heavy atom. The van der Waals surface area contributed by atoms with Gasteiger partial charge in [-0.15, -0.1) is 11.3 Å². The van der Waals surface area contributed by atoms with Crippen molar-refractivity contribution in [2.45, 2.75) is 6.92 Å². The van der Waals surface area contributed by atoms with Crippen molar-refractivity contribution in [1.29, 1.82) is 0 Å². The number of nitrogens with zero attached hydrogens (tertiary/aromatic N) is 5. The molecule has 0 aliphatic carbocycles. The Bertz CT molecular complexity index is 1620. The molecule has 8 heteroatoms. The van der Waals surface area contributed by atoms with Crippen LogP contribution in [0.25, 0.3) is 55.2 Å². The molecule has 0 aliphatic heterocycles. The summed E-state index contributed by atoms with van der Waals surface area (Å²) in [7, 11) is 4.03. The molecule has 2 N–H and O–H groups in total. The van der Waals surface area contributed by atoms with Crippen molar-refractivity contribution in [3.63, 3.8) is 0 Å². The zero-order valence-corrected chi connectivity index (χ0v) is 19.2. The molecule has 0 amide bonds. The van der Waals surface area contributed by atoms with E-state index in [0.29, 0.717) is 11.5 Å². The van der Waals surface area contributed by atoms with Crippen LogP contribution >= 0.6 is 11.3 Å². The molecule has 5 aromatic heterocycles. The van der Waals surface area contributed by atoms with Crippen molar-refractivity contribution < 1.29 is 0 Å². The van der Waals surface area contributed by atoms with Crippen LogP contribution in [0.4, 0.5) is 5.69 Å². The van der Waals surface area contributed by atoms with Gasteiger partial charge in [-0.2, -0.15) is 5.10 Å². The summed E-state index contributed by atoms with van der Waals surface area (Å²) in [5.41, 5.74) is 7.61. The van der Waals surface area contributed by atoms with Crippen LogP contribution in [-0.4, -0.2) is 44.2 Å². The minimum absolute atomic E-state index is 0.684. The number of rotatable bonds is 4. The van der Waals surface area contributed by atoms with Gasteiger partial charge in [0, 0.05) is 52.8 Å². The van der Waals surface area contributed by atoms with Crippen molar-refractivity contribution >= 4 is 39.1 Å². The fraction of sp³-hybridized carbons (Fsp3) is 0.120. The average Bonchev–Trinajstić information content (AvgIpc) is 3.55. The molecule has 0 unspecified atom stereocenters. The van der Waals surface area contributed by atoms with Gasteiger partial charge in [-0.25, -0.2) is 9.97 Å². The van der Waals surface area contributed by atoms with E-state index >= 15 is 0 Å². The van der Waals surface area contributed by atoms with E-state index < -0.39 is 0 Å². The largest absolute Gasteiger partial charge is 0.376 e. The van der Waals surface area contributed by atoms with Crippen molar-refractivity contribution in [2.24, 2.45) is 0 Å². The molecular weight excluding hydrogens is 430 g/mol. The van der Waals surface area contributed by atoms with Crippen LogP contribution < -0.4 is 4.90 Å². The third kappa shape index (κ3) is 3.35. The summed E-state index contributed by atoms with van der Waals surface area (Å²) < 4.78 is 0. The molecule has 6 rings (SSSR count). The number of aryl methyl sites for hydroxylation is 1. The predicted molar refractivity (Wildman–Crippen MR) is 135 cm³/mol. The maximum atomic E-state index is 4.77. The first-order valence-corrected chi connectivity index (χ1v) is 11.4. The van der Waals surface area contributed by atoms with Crippen molar-refractivity contribution in [1.82, 2.24) is 30.1 Å². The summed E-state index contributed by atoms with van der Waals surface area (Å²) in [5, 5.41) is 8.71. The lowest BCUT2D eigenvalue weighted by Gasteiger charge is -2.13. The lowest BCUT2D eigenvalue weighted by Crippen LogP contribution is -2.08. The monoisotopic (exact) mass is 451 g/mol. The second-order valence-electron chi connectivity index (χ2n) is 8.21. The van der Waals surface area contributed by atoms with Crippen LogP contribution in [0.1, 0.15) is 4.88 Å². The number of pyridine rings is 2. The molecule has 7 nitrogen and oxygen atoms in total. The highest BCUT2D eigenvalue weighted by molar-refractivity contribution is 7.15. The first kappa shape index (κ1) is 19.6. The van der Waals surface area contributed by atoms with Crippen LogP contribution in [0.15, 0.2) is 61.1 Å². The average molecular weight is 452 g/mol. The Morgan fingerprint density at radius 2 is 1.88 bits per heavy atom. The Balaban J connectivity index is 1.48. The maximum Gasteiger partial charge on any atom is 0.178 e. The summed E-state index contributed by atoms with van der Waals surface area (Å²) in [5.74, 6) is 0.696. The van der Waals surface area contributed by atoms with Crippen molar-refractivity contribution in [3.8, 4) is 33.1 Å². The molecule has 0 radical (unpaired) electrons. The molecule has 0 fully saturated rings. The van der Waals surface area contributed by atoms with Gasteiger partial charge in [0.05, 0.1) is 22.9 Å². The van der Waals surface area contributed by atoms with E-state index in [1.807, 2.05) is 49.7 Å². The van der Waals surface area contributed by atoms with Gasteiger partial charge in [0.15, 0.2) is 11.5 Å². The molecule has 0 saturated carbocycles. The molecule has 5 heterocycles. The quantitative estimate of drug-likeness (QED) is 0.361. The molecule has 162 valence electrons. The Morgan fingerprint density at radius 1 is 0.970 bits per heavy atom. The first-order valence-electron chi connectivity index (χ1n) is 10.6. The van der Waals surface area contributed by atoms with E-state index in [0.717, 1.165) is 44.5 Å². The molecule has 0 saturated heterocycles. The maximum absolute atomic E-state index is 4.77. The molecular formula is C25H21N7S. The number of nitrogens with one attached hydrogen (secondary N) is 2. The number of hydrogen-bond acceptors (Lipinski definition) is 6. The van der Waals surface area contributed by atoms with Gasteiger partial charge >= 0.3 is 0 Å². The van der Waals surface area contributed by atoms with Crippen molar-refractivity contribution in [3.05, 3.63) is 65.9 Å². The highest BCUT2D eigenvalue weighted by atomic mass is 32.1. The zero-order valence-electron chi connectivity index (χ0n) is 18.4. The van der Waals surface area contributed by atoms with Gasteiger partial charge in [-0.3, -0.25) is 10.1 Å². The number of anilines is 1. The van der Waals surface area contributed by atoms with Gasteiger partial charge in [0.2, 0.25) is 0 Å². The number of benzene rings is 1. The molecule has 1 aromatic carbocycles. The number of thiophene rings is 1. The second kappa shape index (κ2) is 7.53. The standard InChI is InChI=1S/C25H21N7S/c1-14-4-7-21(33-14)18-8-9-27-24-22(18)28-25(29-24)23-19-11-15(5-6-20(19)30-31-23)16-10-17(32(2)3)13-26-12-16/h4-13H,1-3H3,(H,30,31)(H,27,28,29). The highest BCUT2D eigenvalue weighted by Crippen LogP contribution is 2.35. The Kier molecular flexibility index (Phi) is 4.48. The van der Waals surface area contributed by atoms with E-state index in [1.54, 1.807) is 11.3 Å². The lowest BCUT2D eigenvalue weighted by atomic mass is 10.0. The number of H-pyrrole nitrogens is 2. The van der Waals surface area contributed by atoms with Gasteiger partial charge in [0.25, 0.3) is 0 Å². The third-order valence-electron chi connectivity index (χ3n) is 5.76.